The lowest BCUT2D eigenvalue weighted by atomic mass is 10.2. The Bertz CT molecular complexity index is 790. The van der Waals surface area contributed by atoms with Crippen LogP contribution in [0.5, 0.6) is 17.2 Å². The molecule has 1 atom stereocenters. The van der Waals surface area contributed by atoms with E-state index in [2.05, 4.69) is 28.6 Å². The number of nitrogens with zero attached hydrogens (tertiary/aromatic N) is 1. The molecule has 2 aromatic carbocycles. The molecule has 0 fully saturated rings. The van der Waals surface area contributed by atoms with Gasteiger partial charge in [0.15, 0.2) is 17.5 Å². The van der Waals surface area contributed by atoms with Crippen LogP contribution in [0.25, 0.3) is 0 Å². The lowest BCUT2D eigenvalue weighted by Gasteiger charge is -2.17. The Hall–Kier alpha value is -1.81. The van der Waals surface area contributed by atoms with E-state index in [9.17, 15) is 0 Å². The normalized spacial score (nSPS) is 11.8. The molecule has 0 radical (unpaired) electrons. The Balaban J connectivity index is 0.00000420. The summed E-state index contributed by atoms with van der Waals surface area (Å²) in [5, 5.41) is 6.65. The smallest absolute Gasteiger partial charge is 0.195 e. The van der Waals surface area contributed by atoms with E-state index in [0.29, 0.717) is 23.4 Å². The quantitative estimate of drug-likeness (QED) is 0.211. The first-order chi connectivity index (χ1) is 13.6. The lowest BCUT2D eigenvalue weighted by Crippen LogP contribution is -2.34. The summed E-state index contributed by atoms with van der Waals surface area (Å²) in [7, 11) is 6.70. The standard InChI is InChI=1S/C21H29N3O3S.HI/c1-15(14-28-20-9-7-6-8-18(20)26-4)13-23-21(22-2)24-16-10-11-17(25-3)19(12-16)27-5;/h6-12,15H,13-14H2,1-5H3,(H2,22,23,24);1H. The molecule has 2 aromatic rings. The highest BCUT2D eigenvalue weighted by Crippen LogP contribution is 2.30. The van der Waals surface area contributed by atoms with Crippen molar-refractivity contribution in [2.45, 2.75) is 11.8 Å². The van der Waals surface area contributed by atoms with Crippen molar-refractivity contribution in [3.05, 3.63) is 42.5 Å². The minimum atomic E-state index is 0. The molecule has 0 amide bonds. The van der Waals surface area contributed by atoms with Crippen LogP contribution in [0.15, 0.2) is 52.4 Å². The van der Waals surface area contributed by atoms with Crippen LogP contribution in [-0.4, -0.2) is 46.6 Å². The van der Waals surface area contributed by atoms with Crippen molar-refractivity contribution in [3.63, 3.8) is 0 Å². The first-order valence-corrected chi connectivity index (χ1v) is 10.0. The van der Waals surface area contributed by atoms with E-state index in [1.54, 1.807) is 40.1 Å². The molecule has 29 heavy (non-hydrogen) atoms. The van der Waals surface area contributed by atoms with Crippen LogP contribution < -0.4 is 24.8 Å². The van der Waals surface area contributed by atoms with Crippen LogP contribution in [-0.2, 0) is 0 Å². The van der Waals surface area contributed by atoms with Gasteiger partial charge in [0, 0.05) is 36.0 Å². The van der Waals surface area contributed by atoms with Crippen molar-refractivity contribution in [1.29, 1.82) is 0 Å². The van der Waals surface area contributed by atoms with Gasteiger partial charge >= 0.3 is 0 Å². The van der Waals surface area contributed by atoms with Gasteiger partial charge in [0.2, 0.25) is 0 Å². The van der Waals surface area contributed by atoms with Gasteiger partial charge in [-0.2, -0.15) is 0 Å². The van der Waals surface area contributed by atoms with Crippen molar-refractivity contribution >= 4 is 47.4 Å². The molecule has 0 bridgehead atoms. The summed E-state index contributed by atoms with van der Waals surface area (Å²) in [5.41, 5.74) is 0.877. The number of hydrogen-bond donors (Lipinski definition) is 2. The first-order valence-electron chi connectivity index (χ1n) is 9.06. The number of guanidine groups is 1. The third kappa shape index (κ3) is 7.85. The van der Waals surface area contributed by atoms with Gasteiger partial charge in [-0.25, -0.2) is 0 Å². The van der Waals surface area contributed by atoms with E-state index in [1.807, 2.05) is 36.4 Å². The molecule has 0 heterocycles. The summed E-state index contributed by atoms with van der Waals surface area (Å²) in [6, 6.07) is 13.8. The van der Waals surface area contributed by atoms with Crippen molar-refractivity contribution in [3.8, 4) is 17.2 Å². The van der Waals surface area contributed by atoms with Crippen molar-refractivity contribution in [1.82, 2.24) is 5.32 Å². The van der Waals surface area contributed by atoms with Gasteiger partial charge in [0.1, 0.15) is 5.75 Å². The van der Waals surface area contributed by atoms with Gasteiger partial charge in [0.25, 0.3) is 0 Å². The lowest BCUT2D eigenvalue weighted by molar-refractivity contribution is 0.355. The number of para-hydroxylation sites is 1. The van der Waals surface area contributed by atoms with E-state index < -0.39 is 0 Å². The van der Waals surface area contributed by atoms with Gasteiger partial charge in [-0.15, -0.1) is 35.7 Å². The zero-order valence-electron chi connectivity index (χ0n) is 17.5. The number of methoxy groups -OCH3 is 3. The highest BCUT2D eigenvalue weighted by atomic mass is 127. The highest BCUT2D eigenvalue weighted by molar-refractivity contribution is 14.0. The third-order valence-corrected chi connectivity index (χ3v) is 5.46. The third-order valence-electron chi connectivity index (χ3n) is 4.08. The average Bonchev–Trinajstić information content (AvgIpc) is 2.74. The number of halogens is 1. The molecule has 2 rings (SSSR count). The highest BCUT2D eigenvalue weighted by Gasteiger charge is 2.09. The molecule has 0 saturated carbocycles. The summed E-state index contributed by atoms with van der Waals surface area (Å²) in [6.07, 6.45) is 0. The maximum Gasteiger partial charge on any atom is 0.195 e. The van der Waals surface area contributed by atoms with E-state index >= 15 is 0 Å². The fourth-order valence-corrected chi connectivity index (χ4v) is 3.58. The van der Waals surface area contributed by atoms with Crippen molar-refractivity contribution in [2.75, 3.05) is 46.0 Å². The SMILES string of the molecule is CN=C(NCC(C)CSc1ccccc1OC)Nc1ccc(OC)c(OC)c1.I. The summed E-state index contributed by atoms with van der Waals surface area (Å²) in [4.78, 5) is 5.45. The Morgan fingerprint density at radius 3 is 2.34 bits per heavy atom. The zero-order chi connectivity index (χ0) is 20.4. The van der Waals surface area contributed by atoms with Crippen LogP contribution >= 0.6 is 35.7 Å². The Morgan fingerprint density at radius 1 is 1.00 bits per heavy atom. The molecule has 8 heteroatoms. The molecule has 0 saturated heterocycles. The number of anilines is 1. The molecule has 1 unspecified atom stereocenters. The van der Waals surface area contributed by atoms with E-state index in [1.165, 1.54) is 0 Å². The fraction of sp³-hybridized carbons (Fsp3) is 0.381. The predicted octanol–water partition coefficient (Wildman–Crippen LogP) is 4.75. The van der Waals surface area contributed by atoms with Crippen molar-refractivity contribution < 1.29 is 14.2 Å². The number of thioether (sulfide) groups is 1. The largest absolute Gasteiger partial charge is 0.496 e. The van der Waals surface area contributed by atoms with Gasteiger partial charge in [0.05, 0.1) is 21.3 Å². The number of nitrogens with one attached hydrogen (secondary N) is 2. The van der Waals surface area contributed by atoms with E-state index in [-0.39, 0.29) is 24.0 Å². The molecule has 160 valence electrons. The van der Waals surface area contributed by atoms with Crippen LogP contribution in [0.4, 0.5) is 5.69 Å². The molecule has 2 N–H and O–H groups in total. The summed E-state index contributed by atoms with van der Waals surface area (Å²) in [6.45, 7) is 3.01. The van der Waals surface area contributed by atoms with E-state index in [0.717, 1.165) is 28.6 Å². The minimum absolute atomic E-state index is 0. The number of aliphatic imine (C=N–C) groups is 1. The topological polar surface area (TPSA) is 64.1 Å². The van der Waals surface area contributed by atoms with Gasteiger partial charge in [-0.05, 0) is 30.2 Å². The Labute approximate surface area is 194 Å². The maximum atomic E-state index is 5.41. The number of ether oxygens (including phenoxy) is 3. The average molecular weight is 531 g/mol. The summed E-state index contributed by atoms with van der Waals surface area (Å²) < 4.78 is 16.0. The van der Waals surface area contributed by atoms with Crippen LogP contribution in [0.2, 0.25) is 0 Å². The Morgan fingerprint density at radius 2 is 1.69 bits per heavy atom. The number of rotatable bonds is 9. The second-order valence-electron chi connectivity index (χ2n) is 6.21. The molecular weight excluding hydrogens is 501 g/mol. The van der Waals surface area contributed by atoms with Crippen LogP contribution in [0, 0.1) is 5.92 Å². The fourth-order valence-electron chi connectivity index (χ4n) is 2.53. The van der Waals surface area contributed by atoms with Crippen LogP contribution in [0.3, 0.4) is 0 Å². The van der Waals surface area contributed by atoms with Gasteiger partial charge in [-0.1, -0.05) is 19.1 Å². The molecule has 0 spiro atoms. The minimum Gasteiger partial charge on any atom is -0.496 e. The predicted molar refractivity (Wildman–Crippen MR) is 133 cm³/mol. The molecule has 0 aliphatic carbocycles. The van der Waals surface area contributed by atoms with Crippen molar-refractivity contribution in [2.24, 2.45) is 10.9 Å². The van der Waals surface area contributed by atoms with Crippen LogP contribution in [0.1, 0.15) is 6.92 Å². The first kappa shape index (κ1) is 25.2. The number of hydrogen-bond acceptors (Lipinski definition) is 5. The second-order valence-corrected chi connectivity index (χ2v) is 7.28. The molecular formula is C21H30IN3O3S. The maximum absolute atomic E-state index is 5.41. The summed E-state index contributed by atoms with van der Waals surface area (Å²) in [5.74, 6) is 4.40. The zero-order valence-corrected chi connectivity index (χ0v) is 20.7. The monoisotopic (exact) mass is 531 g/mol. The molecule has 0 aromatic heterocycles. The molecule has 0 aliphatic heterocycles. The van der Waals surface area contributed by atoms with E-state index in [4.69, 9.17) is 14.2 Å². The number of benzene rings is 2. The molecule has 6 nitrogen and oxygen atoms in total. The van der Waals surface area contributed by atoms with Gasteiger partial charge < -0.3 is 24.8 Å². The Kier molecular flexibility index (Phi) is 11.7. The second kappa shape index (κ2) is 13.4. The van der Waals surface area contributed by atoms with Gasteiger partial charge in [-0.3, -0.25) is 4.99 Å². The summed E-state index contributed by atoms with van der Waals surface area (Å²) >= 11 is 1.80. The molecule has 0 aliphatic rings.